The Morgan fingerprint density at radius 1 is 0.880 bits per heavy atom. The van der Waals surface area contributed by atoms with E-state index in [1.54, 1.807) is 0 Å². The first kappa shape index (κ1) is 18.5. The van der Waals surface area contributed by atoms with Gasteiger partial charge in [-0.15, -0.1) is 0 Å². The third-order valence-electron chi connectivity index (χ3n) is 5.02. The van der Waals surface area contributed by atoms with Crippen LogP contribution in [0, 0.1) is 5.41 Å². The summed E-state index contributed by atoms with van der Waals surface area (Å²) in [6.07, 6.45) is 0. The van der Waals surface area contributed by atoms with Crippen LogP contribution in [0.15, 0.2) is 24.3 Å². The lowest BCUT2D eigenvalue weighted by Gasteiger charge is -2.49. The molecule has 3 heteroatoms. The van der Waals surface area contributed by atoms with E-state index in [0.29, 0.717) is 6.61 Å². The first-order chi connectivity index (χ1) is 11.3. The van der Waals surface area contributed by atoms with Crippen LogP contribution in [0.4, 0.5) is 0 Å². The second kappa shape index (κ2) is 5.59. The highest BCUT2D eigenvalue weighted by atomic mass is 16.7. The van der Waals surface area contributed by atoms with Crippen LogP contribution >= 0.6 is 0 Å². The molecular weight excluding hydrogens is 308 g/mol. The summed E-state index contributed by atoms with van der Waals surface area (Å²) >= 11 is 0. The molecule has 138 valence electrons. The molecule has 3 rings (SSSR count). The van der Waals surface area contributed by atoms with Gasteiger partial charge < -0.3 is 4.57 Å². The zero-order valence-electron chi connectivity index (χ0n) is 17.4. The lowest BCUT2D eigenvalue weighted by atomic mass is 9.79. The molecule has 1 aromatic carbocycles. The topological polar surface area (TPSA) is 17.4 Å². The average molecular weight is 343 g/mol. The van der Waals surface area contributed by atoms with Crippen molar-refractivity contribution in [1.82, 2.24) is 9.63 Å². The molecule has 1 aliphatic rings. The molecule has 0 saturated heterocycles. The van der Waals surface area contributed by atoms with Crippen molar-refractivity contribution >= 4 is 10.9 Å². The van der Waals surface area contributed by atoms with E-state index in [-0.39, 0.29) is 22.5 Å². The summed E-state index contributed by atoms with van der Waals surface area (Å²) < 4.78 is 2.48. The van der Waals surface area contributed by atoms with Crippen molar-refractivity contribution in [2.45, 2.75) is 86.0 Å². The summed E-state index contributed by atoms with van der Waals surface area (Å²) in [7, 11) is 0. The number of nitrogens with zero attached hydrogens (tertiary/aromatic N) is 2. The lowest BCUT2D eigenvalue weighted by molar-refractivity contribution is -0.274. The summed E-state index contributed by atoms with van der Waals surface area (Å²) in [5.41, 5.74) is 4.11. The molecule has 0 radical (unpaired) electrons. The van der Waals surface area contributed by atoms with Gasteiger partial charge in [0, 0.05) is 27.5 Å². The van der Waals surface area contributed by atoms with Gasteiger partial charge in [-0.2, -0.15) is 5.06 Å². The Labute approximate surface area is 152 Å². The zero-order chi connectivity index (χ0) is 18.8. The molecular formula is C22H34N2O. The average Bonchev–Trinajstić information content (AvgIpc) is 2.78. The van der Waals surface area contributed by atoms with Crippen molar-refractivity contribution in [3.63, 3.8) is 0 Å². The molecule has 1 aromatic heterocycles. The summed E-state index contributed by atoms with van der Waals surface area (Å²) in [5, 5.41) is 3.60. The van der Waals surface area contributed by atoms with Crippen molar-refractivity contribution in [3.8, 4) is 0 Å². The summed E-state index contributed by atoms with van der Waals surface area (Å²) in [4.78, 5) is 6.39. The second-order valence-electron chi connectivity index (χ2n) is 10.4. The quantitative estimate of drug-likeness (QED) is 0.581. The molecule has 0 bridgehead atoms. The van der Waals surface area contributed by atoms with Crippen molar-refractivity contribution in [2.24, 2.45) is 5.41 Å². The minimum Gasteiger partial charge on any atom is -0.337 e. The first-order valence-electron chi connectivity index (χ1n) is 9.38. The summed E-state index contributed by atoms with van der Waals surface area (Å²) in [6.45, 7) is 21.1. The van der Waals surface area contributed by atoms with Crippen LogP contribution in [0.2, 0.25) is 0 Å². The fourth-order valence-corrected chi connectivity index (χ4v) is 4.22. The monoisotopic (exact) mass is 342 g/mol. The smallest absolute Gasteiger partial charge is 0.109 e. The van der Waals surface area contributed by atoms with E-state index in [1.165, 1.54) is 22.2 Å². The maximum atomic E-state index is 6.39. The normalized spacial score (nSPS) is 20.1. The Bertz CT molecular complexity index is 781. The van der Waals surface area contributed by atoms with Crippen molar-refractivity contribution in [1.29, 1.82) is 0 Å². The molecule has 0 fully saturated rings. The third-order valence-corrected chi connectivity index (χ3v) is 5.02. The van der Waals surface area contributed by atoms with Crippen LogP contribution in [0.25, 0.3) is 10.9 Å². The number of hydrogen-bond acceptors (Lipinski definition) is 2. The molecule has 25 heavy (non-hydrogen) atoms. The van der Waals surface area contributed by atoms with Gasteiger partial charge in [0.15, 0.2) is 0 Å². The van der Waals surface area contributed by atoms with Crippen LogP contribution in [-0.2, 0) is 17.0 Å². The van der Waals surface area contributed by atoms with E-state index in [1.807, 2.05) is 0 Å². The lowest BCUT2D eigenvalue weighted by Crippen LogP contribution is -2.50. The van der Waals surface area contributed by atoms with Crippen molar-refractivity contribution in [2.75, 3.05) is 0 Å². The van der Waals surface area contributed by atoms with Crippen LogP contribution in [0.3, 0.4) is 0 Å². The molecule has 3 nitrogen and oxygen atoms in total. The Morgan fingerprint density at radius 2 is 1.48 bits per heavy atom. The molecule has 0 aliphatic carbocycles. The standard InChI is InChI=1S/C22H34N2O/c1-20(2,3)19-18-15-12-10-11-13-16(15)23(21(4,5)6)17(18)14-25-24(19)22(7,8)9/h10-13,19H,14H2,1-9H3. The molecule has 0 amide bonds. The SMILES string of the molecule is CC(C)(C)C1c2c(n(C(C)(C)C)c3ccccc23)CON1C(C)(C)C. The Hall–Kier alpha value is -1.32. The first-order valence-corrected chi connectivity index (χ1v) is 9.38. The summed E-state index contributed by atoms with van der Waals surface area (Å²) in [5.74, 6) is 0. The number of benzene rings is 1. The largest absolute Gasteiger partial charge is 0.337 e. The van der Waals surface area contributed by atoms with Crippen LogP contribution in [0.1, 0.15) is 79.6 Å². The van der Waals surface area contributed by atoms with Gasteiger partial charge in [-0.25, -0.2) is 0 Å². The Morgan fingerprint density at radius 3 is 2.00 bits per heavy atom. The number of rotatable bonds is 0. The number of hydrogen-bond donors (Lipinski definition) is 0. The van der Waals surface area contributed by atoms with E-state index in [0.717, 1.165) is 0 Å². The molecule has 1 unspecified atom stereocenters. The Kier molecular flexibility index (Phi) is 4.13. The highest BCUT2D eigenvalue weighted by molar-refractivity contribution is 5.86. The van der Waals surface area contributed by atoms with Crippen LogP contribution in [-0.4, -0.2) is 15.2 Å². The molecule has 2 heterocycles. The molecule has 0 spiro atoms. The highest BCUT2D eigenvalue weighted by Gasteiger charge is 2.45. The van der Waals surface area contributed by atoms with Gasteiger partial charge in [0.1, 0.15) is 6.61 Å². The molecule has 1 atom stereocenters. The molecule has 1 aliphatic heterocycles. The fourth-order valence-electron chi connectivity index (χ4n) is 4.22. The van der Waals surface area contributed by atoms with Gasteiger partial charge in [0.25, 0.3) is 0 Å². The van der Waals surface area contributed by atoms with E-state index >= 15 is 0 Å². The molecule has 2 aromatic rings. The van der Waals surface area contributed by atoms with E-state index in [2.05, 4.69) is 96.2 Å². The van der Waals surface area contributed by atoms with Gasteiger partial charge in [-0.1, -0.05) is 39.0 Å². The van der Waals surface area contributed by atoms with Crippen LogP contribution < -0.4 is 0 Å². The molecule has 0 saturated carbocycles. The number of hydroxylamine groups is 2. The maximum absolute atomic E-state index is 6.39. The predicted molar refractivity (Wildman–Crippen MR) is 106 cm³/mol. The Balaban J connectivity index is 2.38. The second-order valence-corrected chi connectivity index (χ2v) is 10.4. The van der Waals surface area contributed by atoms with Crippen molar-refractivity contribution < 1.29 is 4.84 Å². The number of fused-ring (bicyclic) bond motifs is 3. The van der Waals surface area contributed by atoms with Crippen LogP contribution in [0.5, 0.6) is 0 Å². The van der Waals surface area contributed by atoms with E-state index in [9.17, 15) is 0 Å². The minimum absolute atomic E-state index is 0.0167. The predicted octanol–water partition coefficient (Wildman–Crippen LogP) is 6.03. The van der Waals surface area contributed by atoms with E-state index in [4.69, 9.17) is 4.84 Å². The van der Waals surface area contributed by atoms with Gasteiger partial charge in [0.2, 0.25) is 0 Å². The zero-order valence-corrected chi connectivity index (χ0v) is 17.4. The maximum Gasteiger partial charge on any atom is 0.109 e. The summed E-state index contributed by atoms with van der Waals surface area (Å²) in [6, 6.07) is 9.04. The molecule has 0 N–H and O–H groups in total. The van der Waals surface area contributed by atoms with Gasteiger partial charge in [-0.05, 0) is 53.0 Å². The van der Waals surface area contributed by atoms with Gasteiger partial charge in [-0.3, -0.25) is 4.84 Å². The third kappa shape index (κ3) is 3.02. The highest BCUT2D eigenvalue weighted by Crippen LogP contribution is 2.50. The number of aromatic nitrogens is 1. The minimum atomic E-state index is -0.0550. The fraction of sp³-hybridized carbons (Fsp3) is 0.636. The van der Waals surface area contributed by atoms with E-state index < -0.39 is 0 Å². The van der Waals surface area contributed by atoms with Crippen molar-refractivity contribution in [3.05, 3.63) is 35.5 Å². The number of para-hydroxylation sites is 1. The van der Waals surface area contributed by atoms with Gasteiger partial charge >= 0.3 is 0 Å². The van der Waals surface area contributed by atoms with Gasteiger partial charge in [0.05, 0.1) is 11.7 Å².